The molecule has 2 aromatic rings. The highest BCUT2D eigenvalue weighted by Crippen LogP contribution is 2.32. The number of aromatic nitrogens is 1. The van der Waals surface area contributed by atoms with Crippen molar-refractivity contribution in [1.29, 1.82) is 0 Å². The molecule has 0 radical (unpaired) electrons. The second-order valence-corrected chi connectivity index (χ2v) is 4.28. The molecule has 1 aromatic carbocycles. The summed E-state index contributed by atoms with van der Waals surface area (Å²) in [4.78, 5) is 27.5. The van der Waals surface area contributed by atoms with Crippen molar-refractivity contribution in [2.45, 2.75) is 0 Å². The zero-order valence-corrected chi connectivity index (χ0v) is 10.9. The number of Topliss-reactive ketones (excluding diaryl/α,β-unsaturated/α-hetero) is 1. The Morgan fingerprint density at radius 2 is 2.00 bits per heavy atom. The first-order valence-electron chi connectivity index (χ1n) is 6.25. The number of carbonyl (C=O) groups excluding carboxylic acids is 2. The number of hydrogen-bond acceptors (Lipinski definition) is 6. The van der Waals surface area contributed by atoms with E-state index >= 15 is 0 Å². The van der Waals surface area contributed by atoms with Gasteiger partial charge in [-0.05, 0) is 30.3 Å². The molecule has 0 bridgehead atoms. The quantitative estimate of drug-likeness (QED) is 0.630. The van der Waals surface area contributed by atoms with Crippen LogP contribution in [0.25, 0.3) is 0 Å². The van der Waals surface area contributed by atoms with Gasteiger partial charge in [0.2, 0.25) is 6.79 Å². The minimum Gasteiger partial charge on any atom is -0.454 e. The summed E-state index contributed by atoms with van der Waals surface area (Å²) in [6, 6.07) is 9.70. The van der Waals surface area contributed by atoms with Crippen molar-refractivity contribution in [2.24, 2.45) is 0 Å². The summed E-state index contributed by atoms with van der Waals surface area (Å²) in [5, 5.41) is 0. The number of pyridine rings is 1. The lowest BCUT2D eigenvalue weighted by Crippen LogP contribution is -2.15. The molecule has 0 aliphatic carbocycles. The SMILES string of the molecule is O=C(COC(=O)c1ccccn1)c1ccc2c(c1)OCO2. The monoisotopic (exact) mass is 285 g/mol. The zero-order chi connectivity index (χ0) is 14.7. The van der Waals surface area contributed by atoms with E-state index in [1.807, 2.05) is 0 Å². The predicted octanol–water partition coefficient (Wildman–Crippen LogP) is 1.85. The summed E-state index contributed by atoms with van der Waals surface area (Å²) in [5.74, 6) is 0.149. The third kappa shape index (κ3) is 2.84. The van der Waals surface area contributed by atoms with Crippen molar-refractivity contribution in [1.82, 2.24) is 4.98 Å². The smallest absolute Gasteiger partial charge is 0.357 e. The molecular formula is C15H11NO5. The van der Waals surface area contributed by atoms with Gasteiger partial charge in [0.1, 0.15) is 5.69 Å². The van der Waals surface area contributed by atoms with Crippen LogP contribution in [0, 0.1) is 0 Å². The average molecular weight is 285 g/mol. The van der Waals surface area contributed by atoms with E-state index in [0.29, 0.717) is 17.1 Å². The topological polar surface area (TPSA) is 74.7 Å². The van der Waals surface area contributed by atoms with Crippen LogP contribution >= 0.6 is 0 Å². The molecule has 0 unspecified atom stereocenters. The molecule has 0 fully saturated rings. The van der Waals surface area contributed by atoms with Crippen LogP contribution in [0.5, 0.6) is 11.5 Å². The van der Waals surface area contributed by atoms with E-state index in [2.05, 4.69) is 4.98 Å². The van der Waals surface area contributed by atoms with E-state index in [1.54, 1.807) is 30.3 Å². The zero-order valence-electron chi connectivity index (χ0n) is 10.9. The second kappa shape index (κ2) is 5.62. The Morgan fingerprint density at radius 3 is 2.81 bits per heavy atom. The summed E-state index contributed by atoms with van der Waals surface area (Å²) in [6.45, 7) is -0.212. The molecular weight excluding hydrogens is 274 g/mol. The molecule has 6 heteroatoms. The van der Waals surface area contributed by atoms with E-state index in [-0.39, 0.29) is 24.9 Å². The Morgan fingerprint density at radius 1 is 1.14 bits per heavy atom. The Kier molecular flexibility index (Phi) is 3.51. The number of rotatable bonds is 4. The van der Waals surface area contributed by atoms with Gasteiger partial charge in [-0.25, -0.2) is 9.78 Å². The Hall–Kier alpha value is -2.89. The van der Waals surface area contributed by atoms with Crippen molar-refractivity contribution in [3.05, 3.63) is 53.9 Å². The van der Waals surface area contributed by atoms with Crippen molar-refractivity contribution >= 4 is 11.8 Å². The summed E-state index contributed by atoms with van der Waals surface area (Å²) in [7, 11) is 0. The fourth-order valence-electron chi connectivity index (χ4n) is 1.84. The number of fused-ring (bicyclic) bond motifs is 1. The molecule has 1 aliphatic rings. The van der Waals surface area contributed by atoms with Gasteiger partial charge in [0.15, 0.2) is 23.9 Å². The Labute approximate surface area is 120 Å². The lowest BCUT2D eigenvalue weighted by molar-refractivity contribution is 0.0469. The fraction of sp³-hybridized carbons (Fsp3) is 0.133. The summed E-state index contributed by atoms with van der Waals surface area (Å²) < 4.78 is 15.3. The maximum absolute atomic E-state index is 12.0. The molecule has 2 heterocycles. The average Bonchev–Trinajstić information content (AvgIpc) is 3.00. The third-order valence-electron chi connectivity index (χ3n) is 2.90. The van der Waals surface area contributed by atoms with Crippen molar-refractivity contribution < 1.29 is 23.8 Å². The van der Waals surface area contributed by atoms with Crippen LogP contribution in [0.4, 0.5) is 0 Å². The van der Waals surface area contributed by atoms with Gasteiger partial charge in [-0.15, -0.1) is 0 Å². The fourth-order valence-corrected chi connectivity index (χ4v) is 1.84. The van der Waals surface area contributed by atoms with E-state index in [0.717, 1.165) is 0 Å². The Bertz CT molecular complexity index is 684. The molecule has 3 rings (SSSR count). The van der Waals surface area contributed by atoms with Crippen LogP contribution in [0.15, 0.2) is 42.6 Å². The second-order valence-electron chi connectivity index (χ2n) is 4.28. The first kappa shape index (κ1) is 13.1. The molecule has 0 N–H and O–H groups in total. The van der Waals surface area contributed by atoms with Gasteiger partial charge >= 0.3 is 5.97 Å². The van der Waals surface area contributed by atoms with Gasteiger partial charge in [-0.2, -0.15) is 0 Å². The van der Waals surface area contributed by atoms with E-state index < -0.39 is 5.97 Å². The molecule has 1 aliphatic heterocycles. The normalized spacial score (nSPS) is 12.0. The van der Waals surface area contributed by atoms with E-state index in [4.69, 9.17) is 14.2 Å². The number of ketones is 1. The van der Waals surface area contributed by atoms with Crippen LogP contribution in [-0.2, 0) is 4.74 Å². The number of carbonyl (C=O) groups is 2. The van der Waals surface area contributed by atoms with Gasteiger partial charge in [-0.1, -0.05) is 6.07 Å². The maximum Gasteiger partial charge on any atom is 0.357 e. The van der Waals surface area contributed by atoms with Crippen LogP contribution in [0.1, 0.15) is 20.8 Å². The molecule has 1 aromatic heterocycles. The first-order chi connectivity index (χ1) is 10.2. The maximum atomic E-state index is 12.0. The van der Waals surface area contributed by atoms with Gasteiger partial charge in [0.05, 0.1) is 0 Å². The van der Waals surface area contributed by atoms with Crippen LogP contribution < -0.4 is 9.47 Å². The van der Waals surface area contributed by atoms with Crippen LogP contribution in [0.2, 0.25) is 0 Å². The molecule has 21 heavy (non-hydrogen) atoms. The highest BCUT2D eigenvalue weighted by molar-refractivity contribution is 5.99. The largest absolute Gasteiger partial charge is 0.454 e. The third-order valence-corrected chi connectivity index (χ3v) is 2.90. The van der Waals surface area contributed by atoms with Gasteiger partial charge < -0.3 is 14.2 Å². The van der Waals surface area contributed by atoms with Gasteiger partial charge in [0, 0.05) is 11.8 Å². The minimum atomic E-state index is -0.635. The summed E-state index contributed by atoms with van der Waals surface area (Å²) >= 11 is 0. The molecule has 106 valence electrons. The number of esters is 1. The standard InChI is InChI=1S/C15H11NO5/c17-12(8-19-15(18)11-3-1-2-6-16-11)10-4-5-13-14(7-10)21-9-20-13/h1-7H,8-9H2. The number of benzene rings is 1. The summed E-state index contributed by atoms with van der Waals surface area (Å²) in [6.07, 6.45) is 1.48. The van der Waals surface area contributed by atoms with Crippen molar-refractivity contribution in [3.63, 3.8) is 0 Å². The van der Waals surface area contributed by atoms with Gasteiger partial charge in [-0.3, -0.25) is 4.79 Å². The Balaban J connectivity index is 1.63. The van der Waals surface area contributed by atoms with Crippen molar-refractivity contribution in [2.75, 3.05) is 13.4 Å². The highest BCUT2D eigenvalue weighted by atomic mass is 16.7. The molecule has 0 atom stereocenters. The number of hydrogen-bond donors (Lipinski definition) is 0. The van der Waals surface area contributed by atoms with Gasteiger partial charge in [0.25, 0.3) is 0 Å². The number of ether oxygens (including phenoxy) is 3. The molecule has 0 spiro atoms. The first-order valence-corrected chi connectivity index (χ1v) is 6.25. The lowest BCUT2D eigenvalue weighted by atomic mass is 10.1. The van der Waals surface area contributed by atoms with Crippen molar-refractivity contribution in [3.8, 4) is 11.5 Å². The number of nitrogens with zero attached hydrogens (tertiary/aromatic N) is 1. The minimum absolute atomic E-state index is 0.141. The lowest BCUT2D eigenvalue weighted by Gasteiger charge is -2.04. The van der Waals surface area contributed by atoms with Crippen LogP contribution in [0.3, 0.4) is 0 Å². The summed E-state index contributed by atoms with van der Waals surface area (Å²) in [5.41, 5.74) is 0.559. The van der Waals surface area contributed by atoms with E-state index in [9.17, 15) is 9.59 Å². The molecule has 0 saturated heterocycles. The molecule has 0 amide bonds. The van der Waals surface area contributed by atoms with E-state index in [1.165, 1.54) is 12.3 Å². The molecule has 6 nitrogen and oxygen atoms in total. The van der Waals surface area contributed by atoms with Crippen LogP contribution in [-0.4, -0.2) is 30.1 Å². The highest BCUT2D eigenvalue weighted by Gasteiger charge is 2.17. The molecule has 0 saturated carbocycles. The predicted molar refractivity (Wildman–Crippen MR) is 71.4 cm³/mol.